The average Bonchev–Trinajstić information content (AvgIpc) is 2.96. The zero-order valence-corrected chi connectivity index (χ0v) is 13.4. The summed E-state index contributed by atoms with van der Waals surface area (Å²) in [5, 5.41) is 8.81. The monoisotopic (exact) mass is 332 g/mol. The zero-order chi connectivity index (χ0) is 15.3. The van der Waals surface area contributed by atoms with E-state index < -0.39 is 16.0 Å². The molecule has 6 nitrogen and oxygen atoms in total. The van der Waals surface area contributed by atoms with E-state index in [2.05, 4.69) is 9.62 Å². The topological polar surface area (TPSA) is 86.7 Å². The molecule has 0 radical (unpaired) electrons. The van der Waals surface area contributed by atoms with Crippen LogP contribution in [0.2, 0.25) is 0 Å². The molecule has 1 saturated heterocycles. The van der Waals surface area contributed by atoms with Crippen molar-refractivity contribution in [2.24, 2.45) is 0 Å². The van der Waals surface area contributed by atoms with Crippen LogP contribution in [-0.2, 0) is 10.0 Å². The van der Waals surface area contributed by atoms with E-state index in [-0.39, 0.29) is 9.09 Å². The maximum Gasteiger partial charge on any atom is 0.345 e. The number of carboxylic acid groups (broad SMARTS) is 1. The molecule has 1 aliphatic heterocycles. The summed E-state index contributed by atoms with van der Waals surface area (Å²) in [4.78, 5) is 13.2. The standard InChI is InChI=1S/C13H20N2O4S2/c16-13(17)11-5-6-12(20-11)21(18,19)14-7-4-10-15-8-2-1-3-9-15/h5-6,14H,1-4,7-10H2,(H,16,17). The van der Waals surface area contributed by atoms with Gasteiger partial charge >= 0.3 is 5.97 Å². The molecule has 2 N–H and O–H groups in total. The van der Waals surface area contributed by atoms with Crippen molar-refractivity contribution in [3.63, 3.8) is 0 Å². The number of rotatable bonds is 7. The van der Waals surface area contributed by atoms with Gasteiger partial charge in [-0.1, -0.05) is 6.42 Å². The zero-order valence-electron chi connectivity index (χ0n) is 11.7. The molecule has 0 atom stereocenters. The van der Waals surface area contributed by atoms with Gasteiger partial charge < -0.3 is 10.0 Å². The first-order valence-electron chi connectivity index (χ1n) is 7.04. The van der Waals surface area contributed by atoms with E-state index in [1.54, 1.807) is 0 Å². The van der Waals surface area contributed by atoms with Crippen molar-refractivity contribution in [2.75, 3.05) is 26.2 Å². The molecule has 2 rings (SSSR count). The Labute approximate surface area is 128 Å². The van der Waals surface area contributed by atoms with Gasteiger partial charge in [-0.05, 0) is 51.0 Å². The fourth-order valence-electron chi connectivity index (χ4n) is 2.34. The lowest BCUT2D eigenvalue weighted by Gasteiger charge is -2.26. The second kappa shape index (κ2) is 7.35. The number of sulfonamides is 1. The van der Waals surface area contributed by atoms with Crippen molar-refractivity contribution in [1.29, 1.82) is 0 Å². The number of carbonyl (C=O) groups is 1. The number of hydrogen-bond acceptors (Lipinski definition) is 5. The molecule has 1 aliphatic rings. The Morgan fingerprint density at radius 1 is 1.29 bits per heavy atom. The summed E-state index contributed by atoms with van der Waals surface area (Å²) in [6.07, 6.45) is 4.49. The van der Waals surface area contributed by atoms with Crippen molar-refractivity contribution >= 4 is 27.3 Å². The Morgan fingerprint density at radius 3 is 2.62 bits per heavy atom. The molecule has 118 valence electrons. The van der Waals surface area contributed by atoms with E-state index in [1.165, 1.54) is 31.4 Å². The van der Waals surface area contributed by atoms with Gasteiger partial charge in [-0.15, -0.1) is 11.3 Å². The second-order valence-corrected chi connectivity index (χ2v) is 8.16. The minimum absolute atomic E-state index is 0.0312. The second-order valence-electron chi connectivity index (χ2n) is 5.08. The number of piperidine rings is 1. The number of carboxylic acids is 1. The van der Waals surface area contributed by atoms with Crippen LogP contribution in [0.4, 0.5) is 0 Å². The van der Waals surface area contributed by atoms with Crippen molar-refractivity contribution in [1.82, 2.24) is 9.62 Å². The first kappa shape index (κ1) is 16.4. The third-order valence-corrected chi connectivity index (χ3v) is 6.47. The van der Waals surface area contributed by atoms with Crippen LogP contribution in [0.25, 0.3) is 0 Å². The summed E-state index contributed by atoms with van der Waals surface area (Å²) in [6.45, 7) is 3.46. The summed E-state index contributed by atoms with van der Waals surface area (Å²) in [7, 11) is -3.59. The van der Waals surface area contributed by atoms with Crippen LogP contribution < -0.4 is 4.72 Å². The highest BCUT2D eigenvalue weighted by Crippen LogP contribution is 2.21. The number of hydrogen-bond donors (Lipinski definition) is 2. The van der Waals surface area contributed by atoms with Crippen LogP contribution in [0.1, 0.15) is 35.4 Å². The van der Waals surface area contributed by atoms with Crippen molar-refractivity contribution in [2.45, 2.75) is 29.9 Å². The first-order valence-corrected chi connectivity index (χ1v) is 9.34. The van der Waals surface area contributed by atoms with E-state index in [9.17, 15) is 13.2 Å². The quantitative estimate of drug-likeness (QED) is 0.741. The molecule has 0 saturated carbocycles. The maximum atomic E-state index is 12.0. The molecule has 0 bridgehead atoms. The molecule has 0 aliphatic carbocycles. The Hall–Kier alpha value is -0.960. The van der Waals surface area contributed by atoms with Crippen LogP contribution in [0, 0.1) is 0 Å². The number of nitrogens with zero attached hydrogens (tertiary/aromatic N) is 1. The van der Waals surface area contributed by atoms with E-state index in [4.69, 9.17) is 5.11 Å². The number of thiophene rings is 1. The summed E-state index contributed by atoms with van der Waals surface area (Å²) < 4.78 is 26.6. The first-order chi connectivity index (χ1) is 9.99. The molecule has 0 amide bonds. The summed E-state index contributed by atoms with van der Waals surface area (Å²) >= 11 is 0.774. The van der Waals surface area contributed by atoms with Crippen LogP contribution >= 0.6 is 11.3 Å². The van der Waals surface area contributed by atoms with Gasteiger partial charge in [-0.25, -0.2) is 17.9 Å². The molecule has 1 aromatic heterocycles. The highest BCUT2D eigenvalue weighted by atomic mass is 32.2. The minimum atomic E-state index is -3.59. The van der Waals surface area contributed by atoms with Gasteiger partial charge in [0.2, 0.25) is 10.0 Å². The lowest BCUT2D eigenvalue weighted by molar-refractivity contribution is 0.0702. The third-order valence-electron chi connectivity index (χ3n) is 3.45. The van der Waals surface area contributed by atoms with Gasteiger partial charge in [0.1, 0.15) is 9.09 Å². The lowest BCUT2D eigenvalue weighted by atomic mass is 10.1. The van der Waals surface area contributed by atoms with Crippen LogP contribution in [-0.4, -0.2) is 50.6 Å². The predicted molar refractivity (Wildman–Crippen MR) is 81.4 cm³/mol. The molecule has 21 heavy (non-hydrogen) atoms. The molecular formula is C13H20N2O4S2. The van der Waals surface area contributed by atoms with Gasteiger partial charge in [0, 0.05) is 6.54 Å². The van der Waals surface area contributed by atoms with Crippen molar-refractivity contribution in [3.05, 3.63) is 17.0 Å². The number of aromatic carboxylic acids is 1. The van der Waals surface area contributed by atoms with E-state index in [0.717, 1.165) is 37.4 Å². The SMILES string of the molecule is O=C(O)c1ccc(S(=O)(=O)NCCCN2CCCCC2)s1. The Balaban J connectivity index is 1.79. The van der Waals surface area contributed by atoms with Gasteiger partial charge in [0.25, 0.3) is 0 Å². The Kier molecular flexibility index (Phi) is 5.74. The van der Waals surface area contributed by atoms with Gasteiger partial charge in [-0.2, -0.15) is 0 Å². The van der Waals surface area contributed by atoms with Gasteiger partial charge in [0.15, 0.2) is 0 Å². The van der Waals surface area contributed by atoms with Crippen LogP contribution in [0.3, 0.4) is 0 Å². The molecule has 1 fully saturated rings. The predicted octanol–water partition coefficient (Wildman–Crippen LogP) is 1.60. The Morgan fingerprint density at radius 2 is 2.00 bits per heavy atom. The smallest absolute Gasteiger partial charge is 0.345 e. The van der Waals surface area contributed by atoms with E-state index in [0.29, 0.717) is 6.54 Å². The number of likely N-dealkylation sites (tertiary alicyclic amines) is 1. The number of nitrogens with one attached hydrogen (secondary N) is 1. The minimum Gasteiger partial charge on any atom is -0.477 e. The van der Waals surface area contributed by atoms with Crippen molar-refractivity contribution in [3.8, 4) is 0 Å². The molecule has 0 aromatic carbocycles. The average molecular weight is 332 g/mol. The summed E-state index contributed by atoms with van der Waals surface area (Å²) in [5.74, 6) is -1.11. The fraction of sp³-hybridized carbons (Fsp3) is 0.615. The van der Waals surface area contributed by atoms with Crippen molar-refractivity contribution < 1.29 is 18.3 Å². The summed E-state index contributed by atoms with van der Waals surface area (Å²) in [5.41, 5.74) is 0. The van der Waals surface area contributed by atoms with Crippen LogP contribution in [0.15, 0.2) is 16.3 Å². The largest absolute Gasteiger partial charge is 0.477 e. The van der Waals surface area contributed by atoms with Gasteiger partial charge in [0.05, 0.1) is 0 Å². The highest BCUT2D eigenvalue weighted by molar-refractivity contribution is 7.91. The molecule has 8 heteroatoms. The Bertz CT molecular complexity index is 577. The normalized spacial score (nSPS) is 17.0. The fourth-order valence-corrected chi connectivity index (χ4v) is 4.61. The maximum absolute atomic E-state index is 12.0. The van der Waals surface area contributed by atoms with Crippen LogP contribution in [0.5, 0.6) is 0 Å². The molecule has 1 aromatic rings. The highest BCUT2D eigenvalue weighted by Gasteiger charge is 2.18. The van der Waals surface area contributed by atoms with E-state index >= 15 is 0 Å². The van der Waals surface area contributed by atoms with Gasteiger partial charge in [-0.3, -0.25) is 0 Å². The molecular weight excluding hydrogens is 312 g/mol. The lowest BCUT2D eigenvalue weighted by Crippen LogP contribution is -2.33. The molecule has 2 heterocycles. The molecule has 0 spiro atoms. The van der Waals surface area contributed by atoms with E-state index in [1.807, 2.05) is 0 Å². The molecule has 0 unspecified atom stereocenters. The third kappa shape index (κ3) is 4.77. The summed E-state index contributed by atoms with van der Waals surface area (Å²) in [6, 6.07) is 2.65.